The molecule has 0 amide bonds. The zero-order valence-electron chi connectivity index (χ0n) is 15.4. The van der Waals surface area contributed by atoms with Crippen LogP contribution in [0.4, 0.5) is 0 Å². The first-order valence-electron chi connectivity index (χ1n) is 8.98. The zero-order valence-corrected chi connectivity index (χ0v) is 17.0. The first kappa shape index (κ1) is 18.5. The number of nitrogens with one attached hydrogen (secondary N) is 2. The van der Waals surface area contributed by atoms with E-state index in [1.54, 1.807) is 10.9 Å². The van der Waals surface area contributed by atoms with Crippen LogP contribution in [0.5, 0.6) is 0 Å². The molecule has 6 nitrogen and oxygen atoms in total. The van der Waals surface area contributed by atoms with E-state index in [-0.39, 0.29) is 0 Å². The Kier molecular flexibility index (Phi) is 5.01. The number of benzene rings is 1. The van der Waals surface area contributed by atoms with Crippen LogP contribution in [-0.4, -0.2) is 63.0 Å². The second-order valence-corrected chi connectivity index (χ2v) is 8.89. The molecule has 2 N–H and O–H groups in total. The second-order valence-electron chi connectivity index (χ2n) is 7.48. The Morgan fingerprint density at radius 2 is 1.81 bits per heavy atom. The van der Waals surface area contributed by atoms with Gasteiger partial charge in [-0.05, 0) is 42.3 Å². The molecule has 1 aromatic carbocycles. The zero-order chi connectivity index (χ0) is 19.1. The van der Waals surface area contributed by atoms with E-state index in [0.717, 1.165) is 37.3 Å². The molecule has 0 radical (unpaired) electrons. The number of hydrogen-bond donors (Lipinski definition) is 2. The Labute approximate surface area is 168 Å². The number of thioether (sulfide) groups is 1. The molecule has 2 unspecified atom stereocenters. The van der Waals surface area contributed by atoms with Gasteiger partial charge in [-0.1, -0.05) is 23.7 Å². The average Bonchev–Trinajstić information content (AvgIpc) is 3.28. The topological polar surface area (TPSA) is 72.0 Å². The summed E-state index contributed by atoms with van der Waals surface area (Å²) >= 11 is 7.63. The van der Waals surface area contributed by atoms with Crippen molar-refractivity contribution in [3.8, 4) is 11.1 Å². The van der Waals surface area contributed by atoms with E-state index in [1.165, 1.54) is 11.8 Å². The first-order valence-corrected chi connectivity index (χ1v) is 10.2. The van der Waals surface area contributed by atoms with Crippen LogP contribution in [0.3, 0.4) is 0 Å². The van der Waals surface area contributed by atoms with Gasteiger partial charge in [-0.2, -0.15) is 5.10 Å². The number of aryl methyl sites for hydroxylation is 1. The minimum absolute atomic E-state index is 0.317. The lowest BCUT2D eigenvalue weighted by atomic mass is 10.0. The Hall–Kier alpha value is -1.83. The molecule has 1 aromatic heterocycles. The number of halogens is 1. The van der Waals surface area contributed by atoms with Gasteiger partial charge in [0.15, 0.2) is 5.17 Å². The molecule has 2 aliphatic rings. The summed E-state index contributed by atoms with van der Waals surface area (Å²) in [5, 5.41) is 22.3. The molecule has 142 valence electrons. The number of amidine groups is 1. The average molecular weight is 403 g/mol. The molecule has 0 saturated carbocycles. The standard InChI is InChI=1S/C19H23ClN6S/c1-24-7-14-10-26(11-15(14)8-24)19(22)27-18(21)16-4-3-12(5-17(16)20)13-6-23-25(2)9-13/h3-6,9,14-15,21-22H,7-8,10-11H2,1-2H3. The van der Waals surface area contributed by atoms with Gasteiger partial charge in [-0.3, -0.25) is 15.5 Å². The summed E-state index contributed by atoms with van der Waals surface area (Å²) in [5.41, 5.74) is 2.63. The number of nitrogens with zero attached hydrogens (tertiary/aromatic N) is 4. The summed E-state index contributed by atoms with van der Waals surface area (Å²) < 4.78 is 1.75. The first-order chi connectivity index (χ1) is 12.9. The summed E-state index contributed by atoms with van der Waals surface area (Å²) in [5.74, 6) is 1.29. The summed E-state index contributed by atoms with van der Waals surface area (Å²) in [7, 11) is 4.04. The van der Waals surface area contributed by atoms with Crippen LogP contribution in [0.25, 0.3) is 11.1 Å². The highest BCUT2D eigenvalue weighted by molar-refractivity contribution is 8.26. The van der Waals surface area contributed by atoms with Crippen molar-refractivity contribution >= 4 is 33.6 Å². The second kappa shape index (κ2) is 7.30. The van der Waals surface area contributed by atoms with Crippen molar-refractivity contribution in [2.45, 2.75) is 0 Å². The largest absolute Gasteiger partial charge is 0.351 e. The predicted octanol–water partition coefficient (Wildman–Crippen LogP) is 3.23. The van der Waals surface area contributed by atoms with Gasteiger partial charge in [0.2, 0.25) is 0 Å². The van der Waals surface area contributed by atoms with Gasteiger partial charge in [-0.15, -0.1) is 0 Å². The molecule has 8 heteroatoms. The van der Waals surface area contributed by atoms with E-state index in [1.807, 2.05) is 31.4 Å². The van der Waals surface area contributed by atoms with E-state index in [0.29, 0.717) is 32.6 Å². The SMILES string of the molecule is CN1CC2CN(C(=N)SC(=N)c3ccc(-c4cnn(C)c4)cc3Cl)CC2C1. The minimum Gasteiger partial charge on any atom is -0.351 e. The van der Waals surface area contributed by atoms with Crippen molar-refractivity contribution in [1.29, 1.82) is 10.8 Å². The van der Waals surface area contributed by atoms with Crippen molar-refractivity contribution < 1.29 is 0 Å². The molecule has 2 aromatic rings. The molecule has 0 bridgehead atoms. The molecular weight excluding hydrogens is 380 g/mol. The van der Waals surface area contributed by atoms with Crippen molar-refractivity contribution in [2.75, 3.05) is 33.2 Å². The molecule has 2 atom stereocenters. The van der Waals surface area contributed by atoms with E-state index in [9.17, 15) is 0 Å². The maximum absolute atomic E-state index is 8.43. The summed E-state index contributed by atoms with van der Waals surface area (Å²) in [6.45, 7) is 4.06. The summed E-state index contributed by atoms with van der Waals surface area (Å²) in [6, 6.07) is 5.68. The van der Waals surface area contributed by atoms with Crippen LogP contribution in [-0.2, 0) is 7.05 Å². The highest BCUT2D eigenvalue weighted by Gasteiger charge is 2.39. The fraction of sp³-hybridized carbons (Fsp3) is 0.421. The lowest BCUT2D eigenvalue weighted by Crippen LogP contribution is -2.30. The number of likely N-dealkylation sites (tertiary alicyclic amines) is 2. The quantitative estimate of drug-likeness (QED) is 0.597. The monoisotopic (exact) mass is 402 g/mol. The van der Waals surface area contributed by atoms with Crippen LogP contribution >= 0.6 is 23.4 Å². The fourth-order valence-electron chi connectivity index (χ4n) is 4.06. The fourth-order valence-corrected chi connectivity index (χ4v) is 5.15. The van der Waals surface area contributed by atoms with Crippen LogP contribution < -0.4 is 0 Å². The highest BCUT2D eigenvalue weighted by atomic mass is 35.5. The molecule has 2 aliphatic heterocycles. The van der Waals surface area contributed by atoms with Crippen molar-refractivity contribution in [3.63, 3.8) is 0 Å². The molecule has 27 heavy (non-hydrogen) atoms. The van der Waals surface area contributed by atoms with E-state index in [2.05, 4.69) is 21.9 Å². The number of aromatic nitrogens is 2. The molecule has 3 heterocycles. The van der Waals surface area contributed by atoms with Gasteiger partial charge in [0.05, 0.1) is 11.2 Å². The van der Waals surface area contributed by atoms with Crippen LogP contribution in [0.2, 0.25) is 5.02 Å². The number of hydrogen-bond acceptors (Lipinski definition) is 5. The van der Waals surface area contributed by atoms with Crippen molar-refractivity contribution in [2.24, 2.45) is 18.9 Å². The van der Waals surface area contributed by atoms with Crippen LogP contribution in [0.1, 0.15) is 5.56 Å². The molecular formula is C19H23ClN6S. The van der Waals surface area contributed by atoms with Gasteiger partial charge >= 0.3 is 0 Å². The molecule has 0 aliphatic carbocycles. The Bertz CT molecular complexity index is 880. The van der Waals surface area contributed by atoms with Crippen LogP contribution in [0, 0.1) is 22.7 Å². The highest BCUT2D eigenvalue weighted by Crippen LogP contribution is 2.33. The minimum atomic E-state index is 0.317. The number of fused-ring (bicyclic) bond motifs is 1. The molecule has 4 rings (SSSR count). The van der Waals surface area contributed by atoms with E-state index >= 15 is 0 Å². The van der Waals surface area contributed by atoms with Gasteiger partial charge in [0.25, 0.3) is 0 Å². The Morgan fingerprint density at radius 3 is 2.41 bits per heavy atom. The third-order valence-corrected chi connectivity index (χ3v) is 6.59. The Morgan fingerprint density at radius 1 is 1.11 bits per heavy atom. The van der Waals surface area contributed by atoms with Gasteiger partial charge in [0, 0.05) is 50.6 Å². The maximum Gasteiger partial charge on any atom is 0.162 e. The van der Waals surface area contributed by atoms with Crippen molar-refractivity contribution in [1.82, 2.24) is 19.6 Å². The van der Waals surface area contributed by atoms with E-state index < -0.39 is 0 Å². The van der Waals surface area contributed by atoms with Crippen LogP contribution in [0.15, 0.2) is 30.6 Å². The van der Waals surface area contributed by atoms with Gasteiger partial charge < -0.3 is 9.80 Å². The smallest absolute Gasteiger partial charge is 0.162 e. The third kappa shape index (κ3) is 3.77. The van der Waals surface area contributed by atoms with Crippen molar-refractivity contribution in [3.05, 3.63) is 41.2 Å². The summed E-state index contributed by atoms with van der Waals surface area (Å²) in [4.78, 5) is 4.48. The Balaban J connectivity index is 1.42. The lowest BCUT2D eigenvalue weighted by Gasteiger charge is -2.21. The maximum atomic E-state index is 8.43. The van der Waals surface area contributed by atoms with Gasteiger partial charge in [0.1, 0.15) is 5.04 Å². The van der Waals surface area contributed by atoms with Gasteiger partial charge in [-0.25, -0.2) is 0 Å². The summed E-state index contributed by atoms with van der Waals surface area (Å²) in [6.07, 6.45) is 3.73. The number of rotatable bonds is 2. The van der Waals surface area contributed by atoms with E-state index in [4.69, 9.17) is 22.4 Å². The lowest BCUT2D eigenvalue weighted by molar-refractivity contribution is 0.350. The predicted molar refractivity (Wildman–Crippen MR) is 112 cm³/mol. The molecule has 2 fully saturated rings. The molecule has 0 spiro atoms. The molecule has 2 saturated heterocycles. The normalized spacial score (nSPS) is 22.3. The third-order valence-electron chi connectivity index (χ3n) is 5.41.